The average molecular weight is 650 g/mol. The summed E-state index contributed by atoms with van der Waals surface area (Å²) >= 11 is 3.84. The molecule has 0 radical (unpaired) electrons. The molecular weight excluding hydrogens is 620 g/mol. The molecule has 1 heteroatoms. The molecule has 1 aliphatic carbocycles. The fourth-order valence-electron chi connectivity index (χ4n) is 7.92. The van der Waals surface area contributed by atoms with Crippen LogP contribution in [0.15, 0.2) is 180 Å². The predicted octanol–water partition coefficient (Wildman–Crippen LogP) is 12.5. The summed E-state index contributed by atoms with van der Waals surface area (Å²) in [7, 11) is 0. The van der Waals surface area contributed by atoms with Gasteiger partial charge in [-0.1, -0.05) is 174 Å². The lowest BCUT2D eigenvalue weighted by Gasteiger charge is -2.35. The Morgan fingerprint density at radius 1 is 0.391 bits per heavy atom. The Kier molecular flexibility index (Phi) is 6.30. The lowest BCUT2D eigenvalue weighted by molar-refractivity contribution is 0.770. The summed E-state index contributed by atoms with van der Waals surface area (Å²) in [5, 5.41) is 5.08. The molecule has 1 atom stereocenters. The third-order valence-corrected chi connectivity index (χ3v) is 10.3. The van der Waals surface area contributed by atoms with Crippen LogP contribution < -0.4 is 0 Å². The molecule has 46 heavy (non-hydrogen) atoms. The molecule has 0 aromatic heterocycles. The largest absolute Gasteiger partial charge is 0.0719 e. The van der Waals surface area contributed by atoms with Crippen molar-refractivity contribution in [3.63, 3.8) is 0 Å². The molecule has 9 rings (SSSR count). The summed E-state index contributed by atoms with van der Waals surface area (Å²) < 4.78 is 1.08. The number of halogens is 1. The summed E-state index contributed by atoms with van der Waals surface area (Å²) in [6.45, 7) is 0. The van der Waals surface area contributed by atoms with Crippen LogP contribution in [-0.4, -0.2) is 0 Å². The van der Waals surface area contributed by atoms with Gasteiger partial charge in [0.05, 0.1) is 5.41 Å². The Morgan fingerprint density at radius 2 is 1.00 bits per heavy atom. The highest BCUT2D eigenvalue weighted by Crippen LogP contribution is 2.59. The van der Waals surface area contributed by atoms with Gasteiger partial charge < -0.3 is 0 Å². The van der Waals surface area contributed by atoms with Crippen LogP contribution >= 0.6 is 15.9 Å². The normalized spacial score (nSPS) is 15.2. The summed E-state index contributed by atoms with van der Waals surface area (Å²) in [4.78, 5) is 0. The topological polar surface area (TPSA) is 0 Å². The molecule has 1 unspecified atom stereocenters. The van der Waals surface area contributed by atoms with Gasteiger partial charge >= 0.3 is 0 Å². The van der Waals surface area contributed by atoms with E-state index in [1.54, 1.807) is 0 Å². The third kappa shape index (κ3) is 3.99. The highest BCUT2D eigenvalue weighted by molar-refractivity contribution is 9.10. The smallest absolute Gasteiger partial charge is 0.0622 e. The Labute approximate surface area is 277 Å². The van der Waals surface area contributed by atoms with Gasteiger partial charge in [-0.15, -0.1) is 0 Å². The van der Waals surface area contributed by atoms with E-state index in [2.05, 4.69) is 192 Å². The maximum absolute atomic E-state index is 3.84. The minimum Gasteiger partial charge on any atom is -0.0622 e. The standard InChI is InChI=1S/C45H29Br/c46-36-17-10-16-35(29-36)45(42-23-9-8-20-40(42)41-22-11-21-39(44(41)45)30-12-2-1-3-13-30)34-26-24-31(25-27-34)43-37-18-6-4-14-32(37)28-33-15-5-7-19-38(33)43/h1-29H. The Hall–Kier alpha value is -5.24. The minimum absolute atomic E-state index is 0.512. The zero-order valence-electron chi connectivity index (χ0n) is 25.1. The van der Waals surface area contributed by atoms with Crippen LogP contribution in [0.3, 0.4) is 0 Å². The van der Waals surface area contributed by atoms with Crippen molar-refractivity contribution in [2.24, 2.45) is 0 Å². The predicted molar refractivity (Wildman–Crippen MR) is 197 cm³/mol. The van der Waals surface area contributed by atoms with E-state index >= 15 is 0 Å². The van der Waals surface area contributed by atoms with Crippen molar-refractivity contribution in [1.29, 1.82) is 0 Å². The maximum atomic E-state index is 3.84. The molecule has 0 heterocycles. The lowest BCUT2D eigenvalue weighted by atomic mass is 9.66. The number of fused-ring (bicyclic) bond motifs is 5. The highest BCUT2D eigenvalue weighted by Gasteiger charge is 2.47. The van der Waals surface area contributed by atoms with Crippen LogP contribution in [0, 0.1) is 0 Å². The van der Waals surface area contributed by atoms with Gasteiger partial charge in [0.15, 0.2) is 0 Å². The van der Waals surface area contributed by atoms with Crippen molar-refractivity contribution in [2.75, 3.05) is 0 Å². The molecule has 0 fully saturated rings. The van der Waals surface area contributed by atoms with Crippen LogP contribution in [0.5, 0.6) is 0 Å². The van der Waals surface area contributed by atoms with Crippen LogP contribution in [0.4, 0.5) is 0 Å². The molecule has 0 saturated heterocycles. The molecule has 1 aliphatic rings. The monoisotopic (exact) mass is 648 g/mol. The second-order valence-electron chi connectivity index (χ2n) is 12.2. The van der Waals surface area contributed by atoms with Crippen molar-refractivity contribution >= 4 is 37.5 Å². The van der Waals surface area contributed by atoms with Crippen molar-refractivity contribution < 1.29 is 0 Å². The van der Waals surface area contributed by atoms with Gasteiger partial charge in [0.25, 0.3) is 0 Å². The van der Waals surface area contributed by atoms with E-state index in [0.717, 1.165) is 4.47 Å². The first-order valence-corrected chi connectivity index (χ1v) is 16.6. The minimum atomic E-state index is -0.512. The summed E-state index contributed by atoms with van der Waals surface area (Å²) in [6, 6.07) is 64.8. The molecule has 0 bridgehead atoms. The van der Waals surface area contributed by atoms with Crippen LogP contribution in [-0.2, 0) is 5.41 Å². The van der Waals surface area contributed by atoms with E-state index < -0.39 is 5.41 Å². The van der Waals surface area contributed by atoms with E-state index in [9.17, 15) is 0 Å². The zero-order valence-corrected chi connectivity index (χ0v) is 26.7. The quantitative estimate of drug-likeness (QED) is 0.167. The van der Waals surface area contributed by atoms with E-state index in [-0.39, 0.29) is 0 Å². The molecule has 0 nitrogen and oxygen atoms in total. The first-order chi connectivity index (χ1) is 22.7. The average Bonchev–Trinajstić information content (AvgIpc) is 3.42. The van der Waals surface area contributed by atoms with Crippen molar-refractivity contribution in [1.82, 2.24) is 0 Å². The summed E-state index contributed by atoms with van der Waals surface area (Å²) in [5.74, 6) is 0. The van der Waals surface area contributed by atoms with Crippen LogP contribution in [0.2, 0.25) is 0 Å². The van der Waals surface area contributed by atoms with E-state index in [1.807, 2.05) is 0 Å². The van der Waals surface area contributed by atoms with Gasteiger partial charge in [0, 0.05) is 4.47 Å². The van der Waals surface area contributed by atoms with Crippen molar-refractivity contribution in [2.45, 2.75) is 5.41 Å². The van der Waals surface area contributed by atoms with Crippen LogP contribution in [0.25, 0.3) is 54.9 Å². The Balaban J connectivity index is 1.36. The van der Waals surface area contributed by atoms with Crippen LogP contribution in [0.1, 0.15) is 22.3 Å². The van der Waals surface area contributed by atoms with E-state index in [4.69, 9.17) is 0 Å². The molecule has 0 N–H and O–H groups in total. The number of rotatable bonds is 4. The number of benzene rings is 8. The molecule has 0 amide bonds. The molecule has 0 saturated carbocycles. The molecule has 8 aromatic carbocycles. The Morgan fingerprint density at radius 3 is 1.74 bits per heavy atom. The molecule has 0 spiro atoms. The fourth-order valence-corrected chi connectivity index (χ4v) is 8.32. The first kappa shape index (κ1) is 27.1. The van der Waals surface area contributed by atoms with E-state index in [0.29, 0.717) is 0 Å². The first-order valence-electron chi connectivity index (χ1n) is 15.8. The van der Waals surface area contributed by atoms with Gasteiger partial charge in [0.2, 0.25) is 0 Å². The zero-order chi connectivity index (χ0) is 30.7. The van der Waals surface area contributed by atoms with Gasteiger partial charge in [0.1, 0.15) is 0 Å². The SMILES string of the molecule is Brc1cccc(C2(c3ccc(-c4c5ccccc5cc5ccccc45)cc3)c3ccccc3-c3cccc(-c4ccccc4)c32)c1. The van der Waals surface area contributed by atoms with Crippen molar-refractivity contribution in [3.05, 3.63) is 203 Å². The number of hydrogen-bond acceptors (Lipinski definition) is 0. The maximum Gasteiger partial charge on any atom is 0.0719 e. The Bertz CT molecular complexity index is 2370. The van der Waals surface area contributed by atoms with Gasteiger partial charge in [-0.05, 0) is 95.4 Å². The van der Waals surface area contributed by atoms with Gasteiger partial charge in [-0.25, -0.2) is 0 Å². The molecule has 8 aromatic rings. The molecule has 216 valence electrons. The number of hydrogen-bond donors (Lipinski definition) is 0. The summed E-state index contributed by atoms with van der Waals surface area (Å²) in [6.07, 6.45) is 0. The fraction of sp³-hybridized carbons (Fsp3) is 0.0222. The molecule has 0 aliphatic heterocycles. The summed E-state index contributed by atoms with van der Waals surface area (Å²) in [5.41, 5.74) is 12.2. The highest BCUT2D eigenvalue weighted by atomic mass is 79.9. The second-order valence-corrected chi connectivity index (χ2v) is 13.1. The second kappa shape index (κ2) is 10.7. The lowest BCUT2D eigenvalue weighted by Crippen LogP contribution is -2.29. The molecular formula is C45H29Br. The van der Waals surface area contributed by atoms with E-state index in [1.165, 1.54) is 77.2 Å². The van der Waals surface area contributed by atoms with Crippen molar-refractivity contribution in [3.8, 4) is 33.4 Å². The van der Waals surface area contributed by atoms with Gasteiger partial charge in [-0.2, -0.15) is 0 Å². The third-order valence-electron chi connectivity index (χ3n) is 9.78. The van der Waals surface area contributed by atoms with Gasteiger partial charge in [-0.3, -0.25) is 0 Å².